The fourth-order valence-corrected chi connectivity index (χ4v) is 3.13. The van der Waals surface area contributed by atoms with Gasteiger partial charge < -0.3 is 15.5 Å². The molecule has 5 nitrogen and oxygen atoms in total. The summed E-state index contributed by atoms with van der Waals surface area (Å²) >= 11 is 0. The maximum Gasteiger partial charge on any atom is 0.246 e. The molecule has 25 heavy (non-hydrogen) atoms. The van der Waals surface area contributed by atoms with E-state index in [9.17, 15) is 14.0 Å². The van der Waals surface area contributed by atoms with Crippen molar-refractivity contribution in [2.45, 2.75) is 26.3 Å². The Morgan fingerprint density at radius 3 is 2.76 bits per heavy atom. The van der Waals surface area contributed by atoms with Gasteiger partial charge in [0.2, 0.25) is 11.8 Å². The quantitative estimate of drug-likeness (QED) is 0.898. The number of hydrogen-bond acceptors (Lipinski definition) is 3. The Bertz CT molecular complexity index is 822. The van der Waals surface area contributed by atoms with Gasteiger partial charge in [-0.1, -0.05) is 18.2 Å². The fraction of sp³-hybridized carbons (Fsp3) is 0.263. The molecule has 1 atom stereocenters. The van der Waals surface area contributed by atoms with Gasteiger partial charge in [0.1, 0.15) is 5.82 Å². The van der Waals surface area contributed by atoms with Crippen LogP contribution in [0.2, 0.25) is 0 Å². The van der Waals surface area contributed by atoms with Crippen LogP contribution in [0.15, 0.2) is 42.5 Å². The lowest BCUT2D eigenvalue weighted by molar-refractivity contribution is -0.117. The molecule has 0 aromatic heterocycles. The molecular weight excluding hydrogens is 321 g/mol. The van der Waals surface area contributed by atoms with E-state index >= 15 is 0 Å². The number of halogens is 1. The zero-order valence-electron chi connectivity index (χ0n) is 14.2. The van der Waals surface area contributed by atoms with Crippen molar-refractivity contribution in [3.8, 4) is 0 Å². The third-order valence-corrected chi connectivity index (χ3v) is 4.20. The van der Waals surface area contributed by atoms with Crippen molar-refractivity contribution in [3.05, 3.63) is 53.8 Å². The first kappa shape index (κ1) is 17.0. The Hall–Kier alpha value is -2.89. The minimum absolute atomic E-state index is 0.0529. The van der Waals surface area contributed by atoms with E-state index in [-0.39, 0.29) is 30.1 Å². The number of para-hydroxylation sites is 1. The van der Waals surface area contributed by atoms with Gasteiger partial charge >= 0.3 is 0 Å². The fourth-order valence-electron chi connectivity index (χ4n) is 3.13. The van der Waals surface area contributed by atoms with Crippen LogP contribution >= 0.6 is 0 Å². The molecule has 0 radical (unpaired) electrons. The summed E-state index contributed by atoms with van der Waals surface area (Å²) in [5.74, 6) is -0.924. The van der Waals surface area contributed by atoms with Crippen LogP contribution in [0.3, 0.4) is 0 Å². The van der Waals surface area contributed by atoms with Crippen LogP contribution in [-0.4, -0.2) is 24.4 Å². The van der Waals surface area contributed by atoms with Crippen molar-refractivity contribution in [2.24, 2.45) is 0 Å². The lowest BCUT2D eigenvalue weighted by atomic mass is 10.1. The molecule has 0 fully saturated rings. The van der Waals surface area contributed by atoms with Crippen LogP contribution in [-0.2, 0) is 16.0 Å². The number of carbonyl (C=O) groups is 2. The second-order valence-electron chi connectivity index (χ2n) is 6.17. The number of carbonyl (C=O) groups excluding carboxylic acids is 2. The maximum absolute atomic E-state index is 13.7. The topological polar surface area (TPSA) is 61.4 Å². The molecule has 3 rings (SSSR count). The second-order valence-corrected chi connectivity index (χ2v) is 6.17. The predicted molar refractivity (Wildman–Crippen MR) is 96.3 cm³/mol. The van der Waals surface area contributed by atoms with Crippen molar-refractivity contribution < 1.29 is 14.0 Å². The summed E-state index contributed by atoms with van der Waals surface area (Å²) in [6, 6.07) is 12.3. The molecule has 0 unspecified atom stereocenters. The maximum atomic E-state index is 13.7. The monoisotopic (exact) mass is 341 g/mol. The zero-order valence-corrected chi connectivity index (χ0v) is 14.2. The third-order valence-electron chi connectivity index (χ3n) is 4.20. The number of amides is 2. The average Bonchev–Trinajstić information content (AvgIpc) is 2.90. The Balaban J connectivity index is 1.70. The van der Waals surface area contributed by atoms with E-state index in [2.05, 4.69) is 10.6 Å². The highest BCUT2D eigenvalue weighted by molar-refractivity contribution is 5.98. The molecule has 0 aliphatic carbocycles. The van der Waals surface area contributed by atoms with Crippen molar-refractivity contribution in [1.82, 2.24) is 0 Å². The summed E-state index contributed by atoms with van der Waals surface area (Å²) in [5, 5.41) is 5.43. The highest BCUT2D eigenvalue weighted by atomic mass is 19.1. The van der Waals surface area contributed by atoms with E-state index in [0.717, 1.165) is 17.7 Å². The summed E-state index contributed by atoms with van der Waals surface area (Å²) in [4.78, 5) is 25.5. The Kier molecular flexibility index (Phi) is 4.70. The molecule has 0 saturated heterocycles. The highest BCUT2D eigenvalue weighted by Crippen LogP contribution is 2.31. The third kappa shape index (κ3) is 3.63. The summed E-state index contributed by atoms with van der Waals surface area (Å²) in [6.07, 6.45) is 0.838. The number of nitrogens with one attached hydrogen (secondary N) is 2. The van der Waals surface area contributed by atoms with E-state index in [1.165, 1.54) is 25.1 Å². The molecule has 130 valence electrons. The SMILES string of the molecule is CC(=O)Nc1cc(NCC(=O)N2c3ccccc3C[C@H]2C)ccc1F. The second kappa shape index (κ2) is 6.93. The van der Waals surface area contributed by atoms with Crippen LogP contribution in [0, 0.1) is 5.82 Å². The Labute approximate surface area is 145 Å². The van der Waals surface area contributed by atoms with Crippen LogP contribution in [0.1, 0.15) is 19.4 Å². The van der Waals surface area contributed by atoms with Gasteiger partial charge in [0.05, 0.1) is 12.2 Å². The molecule has 2 aromatic rings. The number of hydrogen-bond donors (Lipinski definition) is 2. The Morgan fingerprint density at radius 2 is 2.00 bits per heavy atom. The molecule has 1 aliphatic heterocycles. The van der Waals surface area contributed by atoms with E-state index in [0.29, 0.717) is 5.69 Å². The molecule has 0 saturated carbocycles. The van der Waals surface area contributed by atoms with Crippen molar-refractivity contribution in [1.29, 1.82) is 0 Å². The van der Waals surface area contributed by atoms with E-state index in [1.807, 2.05) is 31.2 Å². The minimum atomic E-state index is -0.519. The normalized spacial score (nSPS) is 15.6. The van der Waals surface area contributed by atoms with E-state index < -0.39 is 5.82 Å². The zero-order chi connectivity index (χ0) is 18.0. The molecule has 1 heterocycles. The van der Waals surface area contributed by atoms with Crippen LogP contribution < -0.4 is 15.5 Å². The summed E-state index contributed by atoms with van der Waals surface area (Å²) in [6.45, 7) is 3.42. The standard InChI is InChI=1S/C19H20FN3O2/c1-12-9-14-5-3-4-6-18(14)23(12)19(25)11-21-15-7-8-16(20)17(10-15)22-13(2)24/h3-8,10,12,21H,9,11H2,1-2H3,(H,22,24)/t12-/m1/s1. The molecule has 1 aliphatic rings. The van der Waals surface area contributed by atoms with Gasteiger partial charge in [0, 0.05) is 24.3 Å². The van der Waals surface area contributed by atoms with Gasteiger partial charge in [-0.05, 0) is 43.2 Å². The highest BCUT2D eigenvalue weighted by Gasteiger charge is 2.30. The molecule has 2 amide bonds. The minimum Gasteiger partial charge on any atom is -0.376 e. The lowest BCUT2D eigenvalue weighted by Crippen LogP contribution is -2.39. The van der Waals surface area contributed by atoms with Crippen LogP contribution in [0.5, 0.6) is 0 Å². The van der Waals surface area contributed by atoms with Crippen molar-refractivity contribution >= 4 is 28.9 Å². The Morgan fingerprint density at radius 1 is 1.24 bits per heavy atom. The molecule has 6 heteroatoms. The van der Waals surface area contributed by atoms with Crippen molar-refractivity contribution in [2.75, 3.05) is 22.1 Å². The number of nitrogens with zero attached hydrogens (tertiary/aromatic N) is 1. The number of fused-ring (bicyclic) bond motifs is 1. The van der Waals surface area contributed by atoms with Crippen LogP contribution in [0.25, 0.3) is 0 Å². The molecule has 0 spiro atoms. The molecule has 2 aromatic carbocycles. The van der Waals surface area contributed by atoms with Crippen molar-refractivity contribution in [3.63, 3.8) is 0 Å². The predicted octanol–water partition coefficient (Wildman–Crippen LogP) is 3.17. The first-order valence-corrected chi connectivity index (χ1v) is 8.16. The first-order valence-electron chi connectivity index (χ1n) is 8.16. The summed E-state index contributed by atoms with van der Waals surface area (Å²) < 4.78 is 13.7. The first-order chi connectivity index (χ1) is 12.0. The number of anilines is 3. The van der Waals surface area contributed by atoms with Gasteiger partial charge in [-0.3, -0.25) is 9.59 Å². The van der Waals surface area contributed by atoms with E-state index in [4.69, 9.17) is 0 Å². The largest absolute Gasteiger partial charge is 0.376 e. The van der Waals surface area contributed by atoms with Crippen LogP contribution in [0.4, 0.5) is 21.5 Å². The van der Waals surface area contributed by atoms with Gasteiger partial charge in [0.15, 0.2) is 0 Å². The van der Waals surface area contributed by atoms with Gasteiger partial charge in [-0.2, -0.15) is 0 Å². The summed E-state index contributed by atoms with van der Waals surface area (Å²) in [7, 11) is 0. The van der Waals surface area contributed by atoms with E-state index in [1.54, 1.807) is 4.90 Å². The lowest BCUT2D eigenvalue weighted by Gasteiger charge is -2.23. The molecular formula is C19H20FN3O2. The summed E-state index contributed by atoms with van der Waals surface area (Å²) in [5.41, 5.74) is 2.77. The molecule has 2 N–H and O–H groups in total. The average molecular weight is 341 g/mol. The van der Waals surface area contributed by atoms with Gasteiger partial charge in [-0.15, -0.1) is 0 Å². The van der Waals surface area contributed by atoms with Gasteiger partial charge in [-0.25, -0.2) is 4.39 Å². The smallest absolute Gasteiger partial charge is 0.246 e. The molecule has 0 bridgehead atoms. The van der Waals surface area contributed by atoms with Gasteiger partial charge in [0.25, 0.3) is 0 Å². The number of rotatable bonds is 4. The number of benzene rings is 2.